The molecular formula is C15H10F4O2. The Kier molecular flexibility index (Phi) is 3.97. The van der Waals surface area contributed by atoms with Gasteiger partial charge < -0.3 is 4.74 Å². The number of hydrogen-bond donors (Lipinski definition) is 0. The fourth-order valence-corrected chi connectivity index (χ4v) is 1.89. The topological polar surface area (TPSA) is 26.3 Å². The fraction of sp³-hybridized carbons (Fsp3) is 0.133. The summed E-state index contributed by atoms with van der Waals surface area (Å²) in [6.07, 6.45) is -4.52. The summed E-state index contributed by atoms with van der Waals surface area (Å²) >= 11 is 0. The standard InChI is InChI=1S/C15H10F4O2/c1-21-14(20)12-7-3-6-11(13(12)16)9-4-2-5-10(8-9)15(17,18)19/h2-8H,1H3. The number of alkyl halides is 3. The lowest BCUT2D eigenvalue weighted by atomic mass is 10.00. The van der Waals surface area contributed by atoms with E-state index in [-0.39, 0.29) is 16.7 Å². The van der Waals surface area contributed by atoms with Crippen molar-refractivity contribution in [2.75, 3.05) is 7.11 Å². The molecule has 0 aliphatic rings. The zero-order valence-corrected chi connectivity index (χ0v) is 10.9. The summed E-state index contributed by atoms with van der Waals surface area (Å²) in [5.74, 6) is -1.80. The predicted molar refractivity (Wildman–Crippen MR) is 68.2 cm³/mol. The molecule has 0 N–H and O–H groups in total. The first-order chi connectivity index (χ1) is 9.84. The molecule has 0 unspecified atom stereocenters. The highest BCUT2D eigenvalue weighted by Crippen LogP contribution is 2.33. The van der Waals surface area contributed by atoms with Gasteiger partial charge in [-0.1, -0.05) is 24.3 Å². The maximum atomic E-state index is 14.2. The molecule has 2 nitrogen and oxygen atoms in total. The number of rotatable bonds is 2. The Bertz CT molecular complexity index is 678. The summed E-state index contributed by atoms with van der Waals surface area (Å²) in [4.78, 5) is 11.4. The number of esters is 1. The first kappa shape index (κ1) is 15.0. The van der Waals surface area contributed by atoms with Gasteiger partial charge in [0.1, 0.15) is 5.82 Å². The quantitative estimate of drug-likeness (QED) is 0.610. The maximum absolute atomic E-state index is 14.2. The van der Waals surface area contributed by atoms with E-state index in [1.54, 1.807) is 0 Å². The van der Waals surface area contributed by atoms with Gasteiger partial charge >= 0.3 is 12.1 Å². The van der Waals surface area contributed by atoms with E-state index in [9.17, 15) is 22.4 Å². The lowest BCUT2D eigenvalue weighted by molar-refractivity contribution is -0.137. The van der Waals surface area contributed by atoms with E-state index in [2.05, 4.69) is 4.74 Å². The van der Waals surface area contributed by atoms with Gasteiger partial charge in [0.05, 0.1) is 18.2 Å². The van der Waals surface area contributed by atoms with Gasteiger partial charge in [0, 0.05) is 5.56 Å². The minimum atomic E-state index is -4.52. The first-order valence-electron chi connectivity index (χ1n) is 5.89. The second-order valence-corrected chi connectivity index (χ2v) is 4.24. The van der Waals surface area contributed by atoms with Crippen molar-refractivity contribution in [3.63, 3.8) is 0 Å². The van der Waals surface area contributed by atoms with Gasteiger partial charge in [-0.2, -0.15) is 13.2 Å². The van der Waals surface area contributed by atoms with Gasteiger partial charge in [-0.25, -0.2) is 9.18 Å². The summed E-state index contributed by atoms with van der Waals surface area (Å²) in [5, 5.41) is 0. The van der Waals surface area contributed by atoms with Crippen LogP contribution in [0.25, 0.3) is 11.1 Å². The van der Waals surface area contributed by atoms with Crippen molar-refractivity contribution in [2.45, 2.75) is 6.18 Å². The van der Waals surface area contributed by atoms with Crippen molar-refractivity contribution in [3.8, 4) is 11.1 Å². The van der Waals surface area contributed by atoms with Crippen LogP contribution in [0.15, 0.2) is 42.5 Å². The van der Waals surface area contributed by atoms with Crippen LogP contribution < -0.4 is 0 Å². The molecule has 6 heteroatoms. The van der Waals surface area contributed by atoms with Gasteiger partial charge in [0.25, 0.3) is 0 Å². The van der Waals surface area contributed by atoms with E-state index in [0.29, 0.717) is 0 Å². The molecule has 2 aromatic rings. The zero-order chi connectivity index (χ0) is 15.6. The number of carbonyl (C=O) groups is 1. The molecule has 0 radical (unpaired) electrons. The third-order valence-corrected chi connectivity index (χ3v) is 2.90. The van der Waals surface area contributed by atoms with Crippen molar-refractivity contribution in [1.29, 1.82) is 0 Å². The van der Waals surface area contributed by atoms with Crippen molar-refractivity contribution in [2.24, 2.45) is 0 Å². The number of carbonyl (C=O) groups excluding carboxylic acids is 1. The van der Waals surface area contributed by atoms with E-state index >= 15 is 0 Å². The Morgan fingerprint density at radius 2 is 1.76 bits per heavy atom. The third-order valence-electron chi connectivity index (χ3n) is 2.90. The van der Waals surface area contributed by atoms with Crippen molar-refractivity contribution in [1.82, 2.24) is 0 Å². The highest BCUT2D eigenvalue weighted by atomic mass is 19.4. The lowest BCUT2D eigenvalue weighted by Crippen LogP contribution is -2.06. The van der Waals surface area contributed by atoms with Crippen LogP contribution in [0.5, 0.6) is 0 Å². The molecule has 0 fully saturated rings. The number of ether oxygens (including phenoxy) is 1. The predicted octanol–water partition coefficient (Wildman–Crippen LogP) is 4.30. The van der Waals surface area contributed by atoms with E-state index in [1.807, 2.05) is 0 Å². The summed E-state index contributed by atoms with van der Waals surface area (Å²) in [6.45, 7) is 0. The molecule has 0 amide bonds. The minimum absolute atomic E-state index is 0.0353. The molecule has 0 aromatic heterocycles. The first-order valence-corrected chi connectivity index (χ1v) is 5.89. The maximum Gasteiger partial charge on any atom is 0.416 e. The molecule has 0 heterocycles. The van der Waals surface area contributed by atoms with Crippen LogP contribution >= 0.6 is 0 Å². The number of benzene rings is 2. The zero-order valence-electron chi connectivity index (χ0n) is 10.9. The van der Waals surface area contributed by atoms with Crippen LogP contribution in [0.3, 0.4) is 0 Å². The number of halogens is 4. The smallest absolute Gasteiger partial charge is 0.416 e. The van der Waals surface area contributed by atoms with Crippen molar-refractivity contribution < 1.29 is 27.1 Å². The Morgan fingerprint density at radius 1 is 1.10 bits per heavy atom. The third kappa shape index (κ3) is 3.04. The minimum Gasteiger partial charge on any atom is -0.465 e. The summed E-state index contributed by atoms with van der Waals surface area (Å²) in [5.41, 5.74) is -1.27. The molecule has 0 spiro atoms. The van der Waals surface area contributed by atoms with Crippen LogP contribution in [-0.2, 0) is 10.9 Å². The van der Waals surface area contributed by atoms with E-state index < -0.39 is 23.5 Å². The van der Waals surface area contributed by atoms with Gasteiger partial charge in [-0.15, -0.1) is 0 Å². The highest BCUT2D eigenvalue weighted by molar-refractivity contribution is 5.91. The van der Waals surface area contributed by atoms with Gasteiger partial charge in [0.2, 0.25) is 0 Å². The van der Waals surface area contributed by atoms with Crippen LogP contribution in [-0.4, -0.2) is 13.1 Å². The second-order valence-electron chi connectivity index (χ2n) is 4.24. The Hall–Kier alpha value is -2.37. The molecule has 21 heavy (non-hydrogen) atoms. The largest absolute Gasteiger partial charge is 0.465 e. The normalized spacial score (nSPS) is 11.3. The molecular weight excluding hydrogens is 288 g/mol. The van der Waals surface area contributed by atoms with Crippen LogP contribution in [0, 0.1) is 5.82 Å². The summed E-state index contributed by atoms with van der Waals surface area (Å²) in [7, 11) is 1.10. The van der Waals surface area contributed by atoms with Gasteiger partial charge in [0.15, 0.2) is 0 Å². The number of methoxy groups -OCH3 is 1. The molecule has 2 aromatic carbocycles. The molecule has 0 aliphatic heterocycles. The monoisotopic (exact) mass is 298 g/mol. The molecule has 110 valence electrons. The molecule has 0 aliphatic carbocycles. The fourth-order valence-electron chi connectivity index (χ4n) is 1.89. The van der Waals surface area contributed by atoms with Crippen molar-refractivity contribution >= 4 is 5.97 Å². The average Bonchev–Trinajstić information content (AvgIpc) is 2.46. The summed E-state index contributed by atoms with van der Waals surface area (Å²) in [6, 6.07) is 8.14. The molecule has 0 atom stereocenters. The number of hydrogen-bond acceptors (Lipinski definition) is 2. The van der Waals surface area contributed by atoms with Gasteiger partial charge in [-0.05, 0) is 23.8 Å². The van der Waals surface area contributed by atoms with E-state index in [4.69, 9.17) is 0 Å². The Morgan fingerprint density at radius 3 is 2.38 bits per heavy atom. The van der Waals surface area contributed by atoms with E-state index in [0.717, 1.165) is 19.2 Å². The van der Waals surface area contributed by atoms with Crippen LogP contribution in [0.1, 0.15) is 15.9 Å². The Labute approximate surface area is 118 Å². The van der Waals surface area contributed by atoms with Gasteiger partial charge in [-0.3, -0.25) is 0 Å². The molecule has 2 rings (SSSR count). The SMILES string of the molecule is COC(=O)c1cccc(-c2cccc(C(F)(F)F)c2)c1F. The van der Waals surface area contributed by atoms with Crippen LogP contribution in [0.2, 0.25) is 0 Å². The van der Waals surface area contributed by atoms with Crippen LogP contribution in [0.4, 0.5) is 17.6 Å². The highest BCUT2D eigenvalue weighted by Gasteiger charge is 2.30. The molecule has 0 saturated heterocycles. The summed E-state index contributed by atoms with van der Waals surface area (Å²) < 4.78 is 56.7. The Balaban J connectivity index is 2.55. The average molecular weight is 298 g/mol. The van der Waals surface area contributed by atoms with E-state index in [1.165, 1.54) is 30.3 Å². The second kappa shape index (κ2) is 5.55. The van der Waals surface area contributed by atoms with Crippen molar-refractivity contribution in [3.05, 3.63) is 59.4 Å². The molecule has 0 bridgehead atoms. The molecule has 0 saturated carbocycles. The lowest BCUT2D eigenvalue weighted by Gasteiger charge is -2.10.